The number of ether oxygens (including phenoxy) is 2. The van der Waals surface area contributed by atoms with Gasteiger partial charge in [0.15, 0.2) is 0 Å². The molecule has 0 amide bonds. The van der Waals surface area contributed by atoms with Crippen LogP contribution in [0.4, 0.5) is 11.4 Å². The Balaban J connectivity index is 1.89. The highest BCUT2D eigenvalue weighted by Crippen LogP contribution is 2.31. The van der Waals surface area contributed by atoms with E-state index in [1.807, 2.05) is 0 Å². The molecule has 3 aromatic rings. The zero-order valence-corrected chi connectivity index (χ0v) is 13.2. The summed E-state index contributed by atoms with van der Waals surface area (Å²) < 4.78 is 11.4. The van der Waals surface area contributed by atoms with E-state index < -0.39 is 5.97 Å². The van der Waals surface area contributed by atoms with Gasteiger partial charge in [0.25, 0.3) is 0 Å². The fraction of sp³-hybridized carbons (Fsp3) is 0. The second kappa shape index (κ2) is 6.84. The molecule has 126 valence electrons. The van der Waals surface area contributed by atoms with E-state index in [0.29, 0.717) is 34.4 Å². The zero-order valence-electron chi connectivity index (χ0n) is 13.2. The molecule has 0 unspecified atom stereocenters. The Hall–Kier alpha value is -3.67. The van der Waals surface area contributed by atoms with Crippen molar-refractivity contribution in [2.45, 2.75) is 0 Å². The van der Waals surface area contributed by atoms with Gasteiger partial charge in [0.2, 0.25) is 0 Å². The average molecular weight is 336 g/mol. The number of nitrogens with two attached hydrogens (primary N) is 2. The van der Waals surface area contributed by atoms with Crippen LogP contribution in [-0.2, 0) is 0 Å². The van der Waals surface area contributed by atoms with Crippen LogP contribution < -0.4 is 20.9 Å². The van der Waals surface area contributed by atoms with Crippen LogP contribution in [0.3, 0.4) is 0 Å². The van der Waals surface area contributed by atoms with Crippen LogP contribution in [0, 0.1) is 0 Å². The van der Waals surface area contributed by atoms with Gasteiger partial charge in [-0.25, -0.2) is 4.79 Å². The molecule has 0 aliphatic heterocycles. The van der Waals surface area contributed by atoms with Gasteiger partial charge in [0.05, 0.1) is 5.56 Å². The molecule has 0 atom stereocenters. The molecule has 0 saturated heterocycles. The van der Waals surface area contributed by atoms with E-state index in [0.717, 1.165) is 0 Å². The molecule has 3 rings (SSSR count). The number of carbonyl (C=O) groups is 1. The maximum Gasteiger partial charge on any atom is 0.335 e. The highest BCUT2D eigenvalue weighted by atomic mass is 16.5. The summed E-state index contributed by atoms with van der Waals surface area (Å²) >= 11 is 0. The monoisotopic (exact) mass is 336 g/mol. The Morgan fingerprint density at radius 2 is 1.08 bits per heavy atom. The topological polar surface area (TPSA) is 108 Å². The summed E-state index contributed by atoms with van der Waals surface area (Å²) in [5, 5.41) is 9.29. The van der Waals surface area contributed by atoms with Crippen molar-refractivity contribution in [2.75, 3.05) is 11.5 Å². The number of carboxylic acid groups (broad SMARTS) is 1. The molecule has 6 nitrogen and oxygen atoms in total. The Bertz CT molecular complexity index is 825. The SMILES string of the molecule is Nc1ccc(Oc2cc(Oc3ccc(N)cc3)cc(C(=O)O)c2)cc1. The first-order chi connectivity index (χ1) is 12.0. The predicted octanol–water partition coefficient (Wildman–Crippen LogP) is 4.13. The fourth-order valence-electron chi connectivity index (χ4n) is 2.16. The van der Waals surface area contributed by atoms with Crippen LogP contribution in [0.2, 0.25) is 0 Å². The van der Waals surface area contributed by atoms with Crippen molar-refractivity contribution in [3.63, 3.8) is 0 Å². The summed E-state index contributed by atoms with van der Waals surface area (Å²) in [7, 11) is 0. The molecule has 5 N–H and O–H groups in total. The van der Waals surface area contributed by atoms with Gasteiger partial charge in [0, 0.05) is 17.4 Å². The van der Waals surface area contributed by atoms with Crippen molar-refractivity contribution in [3.05, 3.63) is 72.3 Å². The van der Waals surface area contributed by atoms with E-state index in [4.69, 9.17) is 20.9 Å². The van der Waals surface area contributed by atoms with Gasteiger partial charge in [-0.1, -0.05) is 0 Å². The molecule has 0 aliphatic carbocycles. The minimum atomic E-state index is -1.08. The normalized spacial score (nSPS) is 10.2. The van der Waals surface area contributed by atoms with E-state index in [-0.39, 0.29) is 5.56 Å². The summed E-state index contributed by atoms with van der Waals surface area (Å²) in [6.45, 7) is 0. The van der Waals surface area contributed by atoms with Gasteiger partial charge in [-0.15, -0.1) is 0 Å². The number of rotatable bonds is 5. The summed E-state index contributed by atoms with van der Waals surface area (Å²) in [6.07, 6.45) is 0. The van der Waals surface area contributed by atoms with Crippen molar-refractivity contribution in [1.29, 1.82) is 0 Å². The van der Waals surface area contributed by atoms with Gasteiger partial charge in [-0.3, -0.25) is 0 Å². The number of hydrogen-bond donors (Lipinski definition) is 3. The minimum absolute atomic E-state index is 0.0541. The Kier molecular flexibility index (Phi) is 4.43. The average Bonchev–Trinajstić information content (AvgIpc) is 2.59. The molecule has 0 bridgehead atoms. The number of benzene rings is 3. The lowest BCUT2D eigenvalue weighted by Crippen LogP contribution is -1.98. The first-order valence-corrected chi connectivity index (χ1v) is 7.45. The molecular weight excluding hydrogens is 320 g/mol. The van der Waals surface area contributed by atoms with Gasteiger partial charge in [-0.2, -0.15) is 0 Å². The number of hydrogen-bond acceptors (Lipinski definition) is 5. The van der Waals surface area contributed by atoms with Crippen LogP contribution in [0.1, 0.15) is 10.4 Å². The second-order valence-corrected chi connectivity index (χ2v) is 5.34. The van der Waals surface area contributed by atoms with Crippen molar-refractivity contribution in [3.8, 4) is 23.0 Å². The number of anilines is 2. The van der Waals surface area contributed by atoms with Crippen LogP contribution in [0.5, 0.6) is 23.0 Å². The molecule has 6 heteroatoms. The molecule has 0 aliphatic rings. The van der Waals surface area contributed by atoms with E-state index in [9.17, 15) is 9.90 Å². The summed E-state index contributed by atoms with van der Waals surface area (Å²) in [5.74, 6) is 0.681. The maximum atomic E-state index is 11.4. The molecule has 0 saturated carbocycles. The van der Waals surface area contributed by atoms with Gasteiger partial charge < -0.3 is 26.0 Å². The largest absolute Gasteiger partial charge is 0.478 e. The van der Waals surface area contributed by atoms with E-state index in [2.05, 4.69) is 0 Å². The van der Waals surface area contributed by atoms with E-state index >= 15 is 0 Å². The highest BCUT2D eigenvalue weighted by molar-refractivity contribution is 5.88. The van der Waals surface area contributed by atoms with Crippen molar-refractivity contribution < 1.29 is 19.4 Å². The van der Waals surface area contributed by atoms with Crippen molar-refractivity contribution in [1.82, 2.24) is 0 Å². The van der Waals surface area contributed by atoms with Crippen LogP contribution in [0.15, 0.2) is 66.7 Å². The molecular formula is C19H16N2O4. The fourth-order valence-corrected chi connectivity index (χ4v) is 2.16. The van der Waals surface area contributed by atoms with Crippen molar-refractivity contribution >= 4 is 17.3 Å². The third-order valence-electron chi connectivity index (χ3n) is 3.36. The number of aromatic carboxylic acids is 1. The zero-order chi connectivity index (χ0) is 17.8. The third kappa shape index (κ3) is 4.20. The molecule has 0 aromatic heterocycles. The summed E-state index contributed by atoms with van der Waals surface area (Å²) in [5.41, 5.74) is 12.6. The van der Waals surface area contributed by atoms with E-state index in [1.165, 1.54) is 12.1 Å². The predicted molar refractivity (Wildman–Crippen MR) is 95.3 cm³/mol. The number of nitrogen functional groups attached to an aromatic ring is 2. The lowest BCUT2D eigenvalue weighted by Gasteiger charge is -2.11. The lowest BCUT2D eigenvalue weighted by atomic mass is 10.2. The van der Waals surface area contributed by atoms with Crippen LogP contribution in [-0.4, -0.2) is 11.1 Å². The molecule has 0 heterocycles. The van der Waals surface area contributed by atoms with E-state index in [1.54, 1.807) is 54.6 Å². The summed E-state index contributed by atoms with van der Waals surface area (Å²) in [4.78, 5) is 11.4. The standard InChI is InChI=1S/C19H16N2O4/c20-13-1-5-15(6-2-13)24-17-9-12(19(22)23)10-18(11-17)25-16-7-3-14(21)4-8-16/h1-11H,20-21H2,(H,22,23). The number of carboxylic acids is 1. The quantitative estimate of drug-likeness (QED) is 0.605. The smallest absolute Gasteiger partial charge is 0.335 e. The lowest BCUT2D eigenvalue weighted by molar-refractivity contribution is 0.0696. The summed E-state index contributed by atoms with van der Waals surface area (Å²) in [6, 6.07) is 18.0. The third-order valence-corrected chi connectivity index (χ3v) is 3.36. The maximum absolute atomic E-state index is 11.4. The minimum Gasteiger partial charge on any atom is -0.478 e. The van der Waals surface area contributed by atoms with Crippen molar-refractivity contribution in [2.24, 2.45) is 0 Å². The molecule has 3 aromatic carbocycles. The van der Waals surface area contributed by atoms with Crippen LogP contribution >= 0.6 is 0 Å². The Morgan fingerprint density at radius 1 is 0.680 bits per heavy atom. The molecule has 0 fully saturated rings. The highest BCUT2D eigenvalue weighted by Gasteiger charge is 2.10. The van der Waals surface area contributed by atoms with Crippen LogP contribution in [0.25, 0.3) is 0 Å². The van der Waals surface area contributed by atoms with Gasteiger partial charge in [0.1, 0.15) is 23.0 Å². The molecule has 0 spiro atoms. The second-order valence-electron chi connectivity index (χ2n) is 5.34. The van der Waals surface area contributed by atoms with Gasteiger partial charge >= 0.3 is 5.97 Å². The Labute approximate surface area is 144 Å². The molecule has 25 heavy (non-hydrogen) atoms. The molecule has 0 radical (unpaired) electrons. The first-order valence-electron chi connectivity index (χ1n) is 7.45. The first kappa shape index (κ1) is 16.2. The van der Waals surface area contributed by atoms with Gasteiger partial charge in [-0.05, 0) is 60.7 Å². The Morgan fingerprint density at radius 3 is 1.44 bits per heavy atom.